The van der Waals surface area contributed by atoms with Gasteiger partial charge in [-0.2, -0.15) is 0 Å². The van der Waals surface area contributed by atoms with Crippen molar-refractivity contribution in [2.45, 2.75) is 6.54 Å². The minimum Gasteiger partial charge on any atom is -0.486 e. The number of nitrogens with zero attached hydrogens (tertiary/aromatic N) is 2. The summed E-state index contributed by atoms with van der Waals surface area (Å²) in [5.74, 6) is 0.463. The van der Waals surface area contributed by atoms with Gasteiger partial charge >= 0.3 is 0 Å². The van der Waals surface area contributed by atoms with E-state index in [1.165, 1.54) is 0 Å². The highest BCUT2D eigenvalue weighted by Gasteiger charge is 2.32. The molecule has 0 saturated carbocycles. The largest absolute Gasteiger partial charge is 0.486 e. The Morgan fingerprint density at radius 2 is 1.62 bits per heavy atom. The maximum Gasteiger partial charge on any atom is 0.289 e. The second-order valence-electron chi connectivity index (χ2n) is 6.47. The molecule has 1 aliphatic heterocycles. The predicted octanol–water partition coefficient (Wildman–Crippen LogP) is 3.44. The van der Waals surface area contributed by atoms with E-state index in [1.54, 1.807) is 0 Å². The fraction of sp³-hybridized carbons (Fsp3) is 0.286. The Morgan fingerprint density at radius 1 is 1.00 bits per heavy atom. The quantitative estimate of drug-likeness (QED) is 0.746. The Labute approximate surface area is 161 Å². The minimum atomic E-state index is -0.0264. The van der Waals surface area contributed by atoms with Gasteiger partial charge in [-0.15, -0.1) is 12.4 Å². The number of hydrogen-bond acceptors (Lipinski definition) is 3. The molecule has 0 N–H and O–H groups in total. The summed E-state index contributed by atoms with van der Waals surface area (Å²) in [6.45, 7) is 2.45. The Morgan fingerprint density at radius 3 is 2.23 bits per heavy atom. The van der Waals surface area contributed by atoms with Crippen LogP contribution in [-0.2, 0) is 16.1 Å². The van der Waals surface area contributed by atoms with Crippen molar-refractivity contribution in [2.75, 3.05) is 33.8 Å². The number of ether oxygens (including phenoxy) is 1. The minimum absolute atomic E-state index is 0. The lowest BCUT2D eigenvalue weighted by atomic mass is 10.1. The molecule has 4 nitrogen and oxygen atoms in total. The summed E-state index contributed by atoms with van der Waals surface area (Å²) < 4.78 is 5.91. The van der Waals surface area contributed by atoms with Crippen molar-refractivity contribution in [3.63, 3.8) is 0 Å². The molecule has 2 aromatic rings. The Kier molecular flexibility index (Phi) is 7.25. The van der Waals surface area contributed by atoms with E-state index in [1.807, 2.05) is 84.6 Å². The molecule has 0 spiro atoms. The fourth-order valence-corrected chi connectivity index (χ4v) is 2.88. The van der Waals surface area contributed by atoms with Gasteiger partial charge in [0.1, 0.15) is 6.61 Å². The van der Waals surface area contributed by atoms with Gasteiger partial charge in [0.25, 0.3) is 5.91 Å². The lowest BCUT2D eigenvalue weighted by Crippen LogP contribution is -2.27. The number of carbonyl (C=O) groups excluding carboxylic acids is 1. The summed E-state index contributed by atoms with van der Waals surface area (Å²) in [4.78, 5) is 16.8. The highest BCUT2D eigenvalue weighted by Crippen LogP contribution is 2.29. The number of hydrogen-bond donors (Lipinski definition) is 0. The number of likely N-dealkylation sites (N-methyl/N-ethyl adjacent to an activating group) is 1. The summed E-state index contributed by atoms with van der Waals surface area (Å²) in [7, 11) is 3.99. The highest BCUT2D eigenvalue weighted by molar-refractivity contribution is 6.04. The molecule has 0 radical (unpaired) electrons. The Hall–Kier alpha value is -2.30. The standard InChI is InChI=1S/C21H24N2O2.ClH/c1-22(2)13-14-25-20-19(18-11-7-4-8-12-18)16-23(21(20)24)15-17-9-5-3-6-10-17;/h3-12H,13-16H2,1-2H3;1H. The van der Waals surface area contributed by atoms with Gasteiger partial charge in [-0.05, 0) is 25.2 Å². The van der Waals surface area contributed by atoms with E-state index in [-0.39, 0.29) is 18.3 Å². The SMILES string of the molecule is CN(C)CCOC1=C(c2ccccc2)CN(Cc2ccccc2)C1=O.Cl. The van der Waals surface area contributed by atoms with Crippen LogP contribution in [0.3, 0.4) is 0 Å². The van der Waals surface area contributed by atoms with Crippen LogP contribution in [0.25, 0.3) is 5.57 Å². The molecule has 0 unspecified atom stereocenters. The number of carbonyl (C=O) groups is 1. The second kappa shape index (κ2) is 9.41. The van der Waals surface area contributed by atoms with Crippen LogP contribution < -0.4 is 0 Å². The van der Waals surface area contributed by atoms with Crippen molar-refractivity contribution in [3.05, 3.63) is 77.5 Å². The molecule has 3 rings (SSSR count). The topological polar surface area (TPSA) is 32.8 Å². The van der Waals surface area contributed by atoms with E-state index in [0.717, 1.165) is 23.2 Å². The van der Waals surface area contributed by atoms with Gasteiger partial charge in [-0.1, -0.05) is 60.7 Å². The van der Waals surface area contributed by atoms with Crippen molar-refractivity contribution < 1.29 is 9.53 Å². The molecular formula is C21H25ClN2O2. The van der Waals surface area contributed by atoms with Crippen LogP contribution in [0, 0.1) is 0 Å². The van der Waals surface area contributed by atoms with E-state index >= 15 is 0 Å². The molecule has 2 aromatic carbocycles. The van der Waals surface area contributed by atoms with Gasteiger partial charge in [-0.3, -0.25) is 4.79 Å². The first-order valence-electron chi connectivity index (χ1n) is 8.54. The molecule has 0 atom stereocenters. The van der Waals surface area contributed by atoms with Crippen molar-refractivity contribution >= 4 is 23.9 Å². The molecule has 1 aliphatic rings. The maximum absolute atomic E-state index is 12.9. The van der Waals surface area contributed by atoms with Crippen molar-refractivity contribution in [1.29, 1.82) is 0 Å². The van der Waals surface area contributed by atoms with Crippen LogP contribution in [0.1, 0.15) is 11.1 Å². The Balaban J connectivity index is 0.00000243. The number of rotatable bonds is 7. The zero-order valence-electron chi connectivity index (χ0n) is 15.2. The van der Waals surface area contributed by atoms with Gasteiger partial charge in [0, 0.05) is 18.7 Å². The van der Waals surface area contributed by atoms with Gasteiger partial charge < -0.3 is 14.5 Å². The highest BCUT2D eigenvalue weighted by atomic mass is 35.5. The number of halogens is 1. The van der Waals surface area contributed by atoms with Gasteiger partial charge in [0.05, 0.1) is 6.54 Å². The van der Waals surface area contributed by atoms with Gasteiger partial charge in [0.2, 0.25) is 0 Å². The first-order valence-corrected chi connectivity index (χ1v) is 8.54. The number of benzene rings is 2. The average molecular weight is 373 g/mol. The third kappa shape index (κ3) is 4.87. The molecule has 1 amide bonds. The lowest BCUT2D eigenvalue weighted by molar-refractivity contribution is -0.129. The molecule has 0 fully saturated rings. The summed E-state index contributed by atoms with van der Waals surface area (Å²) in [5.41, 5.74) is 3.14. The maximum atomic E-state index is 12.9. The van der Waals surface area contributed by atoms with Crippen LogP contribution in [-0.4, -0.2) is 49.5 Å². The first-order chi connectivity index (χ1) is 12.1. The molecule has 1 heterocycles. The molecule has 0 aromatic heterocycles. The van der Waals surface area contributed by atoms with E-state index < -0.39 is 0 Å². The monoisotopic (exact) mass is 372 g/mol. The zero-order valence-corrected chi connectivity index (χ0v) is 16.0. The summed E-state index contributed by atoms with van der Waals surface area (Å²) in [5, 5.41) is 0. The second-order valence-corrected chi connectivity index (χ2v) is 6.47. The van der Waals surface area contributed by atoms with E-state index in [2.05, 4.69) is 0 Å². The molecule has 138 valence electrons. The zero-order chi connectivity index (χ0) is 17.6. The van der Waals surface area contributed by atoms with Crippen molar-refractivity contribution in [2.24, 2.45) is 0 Å². The molecule has 26 heavy (non-hydrogen) atoms. The molecular weight excluding hydrogens is 348 g/mol. The van der Waals surface area contributed by atoms with Crippen LogP contribution in [0.2, 0.25) is 0 Å². The summed E-state index contributed by atoms with van der Waals surface area (Å²) in [6, 6.07) is 20.1. The normalized spacial score (nSPS) is 14.0. The van der Waals surface area contributed by atoms with Crippen LogP contribution in [0.15, 0.2) is 66.4 Å². The van der Waals surface area contributed by atoms with E-state index in [9.17, 15) is 4.79 Å². The first kappa shape index (κ1) is 20.0. The van der Waals surface area contributed by atoms with Crippen LogP contribution >= 0.6 is 12.4 Å². The lowest BCUT2D eigenvalue weighted by Gasteiger charge is -2.17. The van der Waals surface area contributed by atoms with Crippen molar-refractivity contribution in [1.82, 2.24) is 9.80 Å². The van der Waals surface area contributed by atoms with Crippen LogP contribution in [0.4, 0.5) is 0 Å². The predicted molar refractivity (Wildman–Crippen MR) is 107 cm³/mol. The smallest absolute Gasteiger partial charge is 0.289 e. The molecule has 0 aliphatic carbocycles. The third-order valence-electron chi connectivity index (χ3n) is 4.23. The average Bonchev–Trinajstić information content (AvgIpc) is 2.93. The molecule has 0 bridgehead atoms. The van der Waals surface area contributed by atoms with Crippen LogP contribution in [0.5, 0.6) is 0 Å². The van der Waals surface area contributed by atoms with Gasteiger partial charge in [-0.25, -0.2) is 0 Å². The molecule has 0 saturated heterocycles. The third-order valence-corrected chi connectivity index (χ3v) is 4.23. The molecule has 5 heteroatoms. The van der Waals surface area contributed by atoms with Gasteiger partial charge in [0.15, 0.2) is 5.76 Å². The Bertz CT molecular complexity index is 745. The number of amides is 1. The summed E-state index contributed by atoms with van der Waals surface area (Å²) in [6.07, 6.45) is 0. The fourth-order valence-electron chi connectivity index (χ4n) is 2.88. The van der Waals surface area contributed by atoms with Crippen molar-refractivity contribution in [3.8, 4) is 0 Å². The van der Waals surface area contributed by atoms with E-state index in [4.69, 9.17) is 4.74 Å². The van der Waals surface area contributed by atoms with E-state index in [0.29, 0.717) is 25.5 Å². The summed E-state index contributed by atoms with van der Waals surface area (Å²) >= 11 is 0.